The predicted octanol–water partition coefficient (Wildman–Crippen LogP) is 1.74. The summed E-state index contributed by atoms with van der Waals surface area (Å²) in [7, 11) is 1.75. The van der Waals surface area contributed by atoms with Crippen molar-refractivity contribution in [1.29, 1.82) is 0 Å². The minimum Gasteiger partial charge on any atom is -0.394 e. The summed E-state index contributed by atoms with van der Waals surface area (Å²) in [5.74, 6) is 0.0430. The lowest BCUT2D eigenvalue weighted by atomic mass is 9.79. The average molecular weight is 336 g/mol. The summed E-state index contributed by atoms with van der Waals surface area (Å²) < 4.78 is 11.6. The number of aryl methyl sites for hydroxylation is 1. The quantitative estimate of drug-likeness (QED) is 0.830. The zero-order valence-electron chi connectivity index (χ0n) is 14.6. The molecule has 3 atom stereocenters. The first kappa shape index (κ1) is 17.5. The second kappa shape index (κ2) is 7.25. The standard InChI is InChI=1S/C18H28N2O4/c1-3-13-4-5-15(19-13)17(22)20-9-8-18(23-2)7-6-14(12-16(18)20)24-11-10-21/h4-5,14,16,19,21H,3,6-12H2,1-2H3/t14?,16?,18-/m1/s1. The van der Waals surface area contributed by atoms with Gasteiger partial charge in [0, 0.05) is 19.3 Å². The fourth-order valence-electron chi connectivity index (χ4n) is 4.20. The largest absolute Gasteiger partial charge is 0.394 e. The topological polar surface area (TPSA) is 74.8 Å². The normalized spacial score (nSPS) is 29.7. The lowest BCUT2D eigenvalue weighted by Crippen LogP contribution is -2.53. The maximum atomic E-state index is 13.0. The smallest absolute Gasteiger partial charge is 0.270 e. The van der Waals surface area contributed by atoms with E-state index in [9.17, 15) is 4.79 Å². The van der Waals surface area contributed by atoms with Crippen molar-refractivity contribution in [3.63, 3.8) is 0 Å². The van der Waals surface area contributed by atoms with Crippen LogP contribution in [0.25, 0.3) is 0 Å². The number of hydrogen-bond acceptors (Lipinski definition) is 4. The molecule has 0 spiro atoms. The van der Waals surface area contributed by atoms with E-state index >= 15 is 0 Å². The second-order valence-corrected chi connectivity index (χ2v) is 6.77. The minimum atomic E-state index is -0.255. The molecule has 2 fully saturated rings. The fraction of sp³-hybridized carbons (Fsp3) is 0.722. The van der Waals surface area contributed by atoms with Gasteiger partial charge >= 0.3 is 0 Å². The maximum Gasteiger partial charge on any atom is 0.270 e. The summed E-state index contributed by atoms with van der Waals surface area (Å²) in [6, 6.07) is 3.87. The van der Waals surface area contributed by atoms with Gasteiger partial charge in [0.2, 0.25) is 0 Å². The molecule has 1 aromatic heterocycles. The molecule has 1 aliphatic heterocycles. The first-order valence-corrected chi connectivity index (χ1v) is 8.90. The van der Waals surface area contributed by atoms with Gasteiger partial charge in [-0.05, 0) is 44.2 Å². The van der Waals surface area contributed by atoms with Crippen molar-refractivity contribution in [2.75, 3.05) is 26.9 Å². The summed E-state index contributed by atoms with van der Waals surface area (Å²) in [6.07, 6.45) is 4.40. The minimum absolute atomic E-state index is 0.0285. The van der Waals surface area contributed by atoms with Crippen LogP contribution >= 0.6 is 0 Å². The van der Waals surface area contributed by atoms with Crippen LogP contribution in [0, 0.1) is 0 Å². The van der Waals surface area contributed by atoms with Gasteiger partial charge in [0.05, 0.1) is 31.0 Å². The van der Waals surface area contributed by atoms with Gasteiger partial charge in [-0.25, -0.2) is 0 Å². The highest BCUT2D eigenvalue weighted by molar-refractivity contribution is 5.93. The third-order valence-corrected chi connectivity index (χ3v) is 5.60. The number of carbonyl (C=O) groups is 1. The molecule has 6 heteroatoms. The van der Waals surface area contributed by atoms with Gasteiger partial charge in [-0.15, -0.1) is 0 Å². The molecule has 1 amide bonds. The van der Waals surface area contributed by atoms with E-state index in [1.165, 1.54) is 0 Å². The number of aromatic amines is 1. The second-order valence-electron chi connectivity index (χ2n) is 6.77. The van der Waals surface area contributed by atoms with Crippen LogP contribution in [0.2, 0.25) is 0 Å². The van der Waals surface area contributed by atoms with E-state index in [4.69, 9.17) is 14.6 Å². The van der Waals surface area contributed by atoms with Crippen molar-refractivity contribution in [2.24, 2.45) is 0 Å². The highest BCUT2D eigenvalue weighted by Gasteiger charge is 2.52. The highest BCUT2D eigenvalue weighted by Crippen LogP contribution is 2.43. The number of carbonyl (C=O) groups excluding carboxylic acids is 1. The zero-order chi connectivity index (χ0) is 17.2. The number of methoxy groups -OCH3 is 1. The van der Waals surface area contributed by atoms with Crippen molar-refractivity contribution in [3.8, 4) is 0 Å². The molecular weight excluding hydrogens is 308 g/mol. The van der Waals surface area contributed by atoms with Crippen LogP contribution in [0.3, 0.4) is 0 Å². The van der Waals surface area contributed by atoms with Crippen molar-refractivity contribution in [2.45, 2.75) is 56.8 Å². The SMILES string of the molecule is CCc1ccc(C(=O)N2CC[C@]3(OC)CCC(OCCO)CC23)[nH]1. The van der Waals surface area contributed by atoms with Crippen LogP contribution in [0.1, 0.15) is 48.8 Å². The Balaban J connectivity index is 1.77. The molecule has 1 saturated carbocycles. The Hall–Kier alpha value is -1.37. The van der Waals surface area contributed by atoms with E-state index in [0.29, 0.717) is 18.8 Å². The molecule has 1 saturated heterocycles. The Morgan fingerprint density at radius 3 is 2.96 bits per heavy atom. The van der Waals surface area contributed by atoms with Gasteiger partial charge in [0.15, 0.2) is 0 Å². The monoisotopic (exact) mass is 336 g/mol. The van der Waals surface area contributed by atoms with Crippen molar-refractivity contribution < 1.29 is 19.4 Å². The van der Waals surface area contributed by atoms with Crippen LogP contribution in [-0.4, -0.2) is 65.5 Å². The lowest BCUT2D eigenvalue weighted by Gasteiger charge is -2.43. The molecule has 6 nitrogen and oxygen atoms in total. The number of nitrogens with one attached hydrogen (secondary N) is 1. The molecule has 134 valence electrons. The molecule has 24 heavy (non-hydrogen) atoms. The predicted molar refractivity (Wildman–Crippen MR) is 90.0 cm³/mol. The molecule has 0 bridgehead atoms. The third-order valence-electron chi connectivity index (χ3n) is 5.60. The Labute approximate surface area is 143 Å². The maximum absolute atomic E-state index is 13.0. The Morgan fingerprint density at radius 2 is 2.29 bits per heavy atom. The number of fused-ring (bicyclic) bond motifs is 1. The molecule has 1 aliphatic carbocycles. The molecular formula is C18H28N2O4. The summed E-state index contributed by atoms with van der Waals surface area (Å²) in [4.78, 5) is 18.1. The molecule has 2 N–H and O–H groups in total. The third kappa shape index (κ3) is 3.10. The number of aromatic nitrogens is 1. The zero-order valence-corrected chi connectivity index (χ0v) is 14.6. The fourth-order valence-corrected chi connectivity index (χ4v) is 4.20. The lowest BCUT2D eigenvalue weighted by molar-refractivity contribution is -0.0992. The first-order chi connectivity index (χ1) is 11.6. The summed E-state index contributed by atoms with van der Waals surface area (Å²) >= 11 is 0. The number of amides is 1. The molecule has 3 rings (SSSR count). The van der Waals surface area contributed by atoms with Gasteiger partial charge in [-0.1, -0.05) is 6.92 Å². The summed E-state index contributed by atoms with van der Waals surface area (Å²) in [6.45, 7) is 3.16. The van der Waals surface area contributed by atoms with Gasteiger partial charge in [-0.2, -0.15) is 0 Å². The number of H-pyrrole nitrogens is 1. The molecule has 0 aromatic carbocycles. The number of aliphatic hydroxyl groups is 1. The van der Waals surface area contributed by atoms with Crippen LogP contribution in [0.4, 0.5) is 0 Å². The highest BCUT2D eigenvalue weighted by atomic mass is 16.5. The van der Waals surface area contributed by atoms with Crippen LogP contribution < -0.4 is 0 Å². The number of hydrogen-bond donors (Lipinski definition) is 2. The van der Waals surface area contributed by atoms with Gasteiger partial charge in [0.25, 0.3) is 5.91 Å². The van der Waals surface area contributed by atoms with Crippen molar-refractivity contribution in [1.82, 2.24) is 9.88 Å². The van der Waals surface area contributed by atoms with E-state index in [1.807, 2.05) is 17.0 Å². The molecule has 1 aromatic rings. The number of ether oxygens (including phenoxy) is 2. The van der Waals surface area contributed by atoms with Crippen LogP contribution in [-0.2, 0) is 15.9 Å². The molecule has 2 unspecified atom stereocenters. The number of rotatable bonds is 6. The molecule has 0 radical (unpaired) electrons. The average Bonchev–Trinajstić information content (AvgIpc) is 3.24. The van der Waals surface area contributed by atoms with Gasteiger partial charge < -0.3 is 24.5 Å². The Morgan fingerprint density at radius 1 is 1.46 bits per heavy atom. The number of nitrogens with zero attached hydrogens (tertiary/aromatic N) is 1. The van der Waals surface area contributed by atoms with E-state index < -0.39 is 0 Å². The summed E-state index contributed by atoms with van der Waals surface area (Å²) in [5, 5.41) is 8.98. The Bertz CT molecular complexity index is 573. The van der Waals surface area contributed by atoms with Crippen LogP contribution in [0.5, 0.6) is 0 Å². The summed E-state index contributed by atoms with van der Waals surface area (Å²) in [5.41, 5.74) is 1.47. The van der Waals surface area contributed by atoms with E-state index in [1.54, 1.807) is 7.11 Å². The van der Waals surface area contributed by atoms with Crippen LogP contribution in [0.15, 0.2) is 12.1 Å². The first-order valence-electron chi connectivity index (χ1n) is 8.90. The van der Waals surface area contributed by atoms with E-state index in [0.717, 1.165) is 37.8 Å². The number of aliphatic hydroxyl groups excluding tert-OH is 1. The van der Waals surface area contributed by atoms with Crippen molar-refractivity contribution in [3.05, 3.63) is 23.5 Å². The molecule has 2 heterocycles. The van der Waals surface area contributed by atoms with Crippen molar-refractivity contribution >= 4 is 5.91 Å². The van der Waals surface area contributed by atoms with E-state index in [2.05, 4.69) is 11.9 Å². The molecule has 2 aliphatic rings. The van der Waals surface area contributed by atoms with Gasteiger partial charge in [0.1, 0.15) is 5.69 Å². The van der Waals surface area contributed by atoms with E-state index in [-0.39, 0.29) is 30.3 Å². The number of likely N-dealkylation sites (tertiary alicyclic amines) is 1. The van der Waals surface area contributed by atoms with Gasteiger partial charge in [-0.3, -0.25) is 4.79 Å². The Kier molecular flexibility index (Phi) is 5.27.